The normalized spacial score (nSPS) is 20.0. The summed E-state index contributed by atoms with van der Waals surface area (Å²) in [5.41, 5.74) is 3.39. The first-order valence-electron chi connectivity index (χ1n) is 7.40. The van der Waals surface area contributed by atoms with E-state index in [0.29, 0.717) is 11.3 Å². The van der Waals surface area contributed by atoms with Gasteiger partial charge in [0.2, 0.25) is 0 Å². The SMILES string of the molecule is O=C1c2ccccc2-c2cccc(OC3CCCCO3)c21. The maximum Gasteiger partial charge on any atom is 0.199 e. The monoisotopic (exact) mass is 280 g/mol. The second-order valence-electron chi connectivity index (χ2n) is 5.47. The maximum absolute atomic E-state index is 12.6. The number of ether oxygens (including phenoxy) is 2. The van der Waals surface area contributed by atoms with Crippen molar-refractivity contribution in [1.29, 1.82) is 0 Å². The average molecular weight is 280 g/mol. The third kappa shape index (κ3) is 2.05. The van der Waals surface area contributed by atoms with Crippen molar-refractivity contribution in [2.45, 2.75) is 25.6 Å². The van der Waals surface area contributed by atoms with E-state index >= 15 is 0 Å². The van der Waals surface area contributed by atoms with E-state index in [2.05, 4.69) is 0 Å². The van der Waals surface area contributed by atoms with E-state index in [-0.39, 0.29) is 12.1 Å². The first kappa shape index (κ1) is 12.6. The van der Waals surface area contributed by atoms with Crippen molar-refractivity contribution in [3.63, 3.8) is 0 Å². The average Bonchev–Trinajstić information content (AvgIpc) is 2.83. The van der Waals surface area contributed by atoms with Crippen molar-refractivity contribution in [3.05, 3.63) is 53.6 Å². The van der Waals surface area contributed by atoms with Crippen molar-refractivity contribution in [2.75, 3.05) is 6.61 Å². The van der Waals surface area contributed by atoms with E-state index < -0.39 is 0 Å². The van der Waals surface area contributed by atoms with E-state index in [0.717, 1.165) is 42.6 Å². The van der Waals surface area contributed by atoms with E-state index in [4.69, 9.17) is 9.47 Å². The highest BCUT2D eigenvalue weighted by molar-refractivity contribution is 6.23. The van der Waals surface area contributed by atoms with Crippen LogP contribution in [-0.2, 0) is 4.74 Å². The molecule has 0 radical (unpaired) electrons. The van der Waals surface area contributed by atoms with Gasteiger partial charge in [-0.05, 0) is 30.0 Å². The number of carbonyl (C=O) groups excluding carboxylic acids is 1. The Morgan fingerprint density at radius 2 is 1.76 bits per heavy atom. The molecule has 0 bridgehead atoms. The fourth-order valence-electron chi connectivity index (χ4n) is 3.08. The molecule has 0 N–H and O–H groups in total. The highest BCUT2D eigenvalue weighted by Gasteiger charge is 2.30. The van der Waals surface area contributed by atoms with Crippen molar-refractivity contribution < 1.29 is 14.3 Å². The lowest BCUT2D eigenvalue weighted by Crippen LogP contribution is -2.25. The minimum atomic E-state index is -0.234. The first-order valence-corrected chi connectivity index (χ1v) is 7.40. The van der Waals surface area contributed by atoms with Crippen LogP contribution in [0.25, 0.3) is 11.1 Å². The molecule has 1 fully saturated rings. The molecule has 1 atom stereocenters. The lowest BCUT2D eigenvalue weighted by atomic mass is 10.1. The minimum Gasteiger partial charge on any atom is -0.464 e. The molecule has 21 heavy (non-hydrogen) atoms. The molecular weight excluding hydrogens is 264 g/mol. The highest BCUT2D eigenvalue weighted by Crippen LogP contribution is 2.41. The van der Waals surface area contributed by atoms with Gasteiger partial charge < -0.3 is 9.47 Å². The van der Waals surface area contributed by atoms with Gasteiger partial charge in [-0.15, -0.1) is 0 Å². The van der Waals surface area contributed by atoms with Gasteiger partial charge >= 0.3 is 0 Å². The molecule has 1 saturated heterocycles. The molecule has 4 rings (SSSR count). The van der Waals surface area contributed by atoms with Crippen molar-refractivity contribution in [1.82, 2.24) is 0 Å². The summed E-state index contributed by atoms with van der Waals surface area (Å²) in [6.07, 6.45) is 2.83. The molecule has 1 unspecified atom stereocenters. The van der Waals surface area contributed by atoms with Gasteiger partial charge in [-0.2, -0.15) is 0 Å². The van der Waals surface area contributed by atoms with Crippen molar-refractivity contribution in [3.8, 4) is 16.9 Å². The molecule has 0 aromatic heterocycles. The largest absolute Gasteiger partial charge is 0.464 e. The molecule has 2 aromatic rings. The second-order valence-corrected chi connectivity index (χ2v) is 5.47. The van der Waals surface area contributed by atoms with E-state index in [1.54, 1.807) is 0 Å². The zero-order valence-corrected chi connectivity index (χ0v) is 11.7. The second kappa shape index (κ2) is 5.01. The Kier molecular flexibility index (Phi) is 3.00. The third-order valence-corrected chi connectivity index (χ3v) is 4.11. The van der Waals surface area contributed by atoms with Crippen LogP contribution in [0.1, 0.15) is 35.2 Å². The minimum absolute atomic E-state index is 0.0482. The highest BCUT2D eigenvalue weighted by atomic mass is 16.7. The molecular formula is C18H16O3. The molecule has 3 heteroatoms. The van der Waals surface area contributed by atoms with Crippen LogP contribution in [0.4, 0.5) is 0 Å². The van der Waals surface area contributed by atoms with Gasteiger partial charge in [-0.1, -0.05) is 36.4 Å². The lowest BCUT2D eigenvalue weighted by Gasteiger charge is -2.24. The first-order chi connectivity index (χ1) is 10.3. The molecule has 0 saturated carbocycles. The van der Waals surface area contributed by atoms with Crippen molar-refractivity contribution >= 4 is 5.78 Å². The van der Waals surface area contributed by atoms with E-state index in [1.165, 1.54) is 0 Å². The summed E-state index contributed by atoms with van der Waals surface area (Å²) in [6.45, 7) is 0.730. The van der Waals surface area contributed by atoms with Crippen LogP contribution in [0.15, 0.2) is 42.5 Å². The Morgan fingerprint density at radius 3 is 2.57 bits per heavy atom. The van der Waals surface area contributed by atoms with Crippen LogP contribution in [0.3, 0.4) is 0 Å². The number of carbonyl (C=O) groups is 1. The Hall–Kier alpha value is -2.13. The summed E-state index contributed by atoms with van der Waals surface area (Å²) in [4.78, 5) is 12.6. The quantitative estimate of drug-likeness (QED) is 0.716. The number of benzene rings is 2. The number of ketones is 1. The summed E-state index contributed by atoms with van der Waals surface area (Å²) < 4.78 is 11.6. The summed E-state index contributed by atoms with van der Waals surface area (Å²) in [6, 6.07) is 13.5. The number of rotatable bonds is 2. The molecule has 0 spiro atoms. The van der Waals surface area contributed by atoms with Crippen LogP contribution in [-0.4, -0.2) is 18.7 Å². The zero-order valence-electron chi connectivity index (χ0n) is 11.7. The molecule has 106 valence electrons. The van der Waals surface area contributed by atoms with Crippen LogP contribution in [0.2, 0.25) is 0 Å². The number of fused-ring (bicyclic) bond motifs is 3. The van der Waals surface area contributed by atoms with Gasteiger partial charge in [0, 0.05) is 12.0 Å². The summed E-state index contributed by atoms with van der Waals surface area (Å²) in [5, 5.41) is 0. The van der Waals surface area contributed by atoms with Gasteiger partial charge in [0.05, 0.1) is 12.2 Å². The third-order valence-electron chi connectivity index (χ3n) is 4.11. The van der Waals surface area contributed by atoms with Gasteiger partial charge in [-0.25, -0.2) is 0 Å². The molecule has 3 nitrogen and oxygen atoms in total. The lowest BCUT2D eigenvalue weighted by molar-refractivity contribution is -0.106. The maximum atomic E-state index is 12.6. The Balaban J connectivity index is 1.74. The molecule has 2 aromatic carbocycles. The Morgan fingerprint density at radius 1 is 0.952 bits per heavy atom. The predicted molar refractivity (Wildman–Crippen MR) is 79.5 cm³/mol. The van der Waals surface area contributed by atoms with E-state index in [9.17, 15) is 4.79 Å². The summed E-state index contributed by atoms with van der Waals surface area (Å²) >= 11 is 0. The fourth-order valence-corrected chi connectivity index (χ4v) is 3.08. The van der Waals surface area contributed by atoms with Gasteiger partial charge in [0.1, 0.15) is 5.75 Å². The predicted octanol–water partition coefficient (Wildman–Crippen LogP) is 3.80. The van der Waals surface area contributed by atoms with Gasteiger partial charge in [0.15, 0.2) is 12.1 Å². The van der Waals surface area contributed by atoms with Crippen molar-refractivity contribution in [2.24, 2.45) is 0 Å². The van der Waals surface area contributed by atoms with Gasteiger partial charge in [0.25, 0.3) is 0 Å². The summed E-state index contributed by atoms with van der Waals surface area (Å²) in [7, 11) is 0. The van der Waals surface area contributed by atoms with Crippen LogP contribution in [0.5, 0.6) is 5.75 Å². The Bertz CT molecular complexity index is 699. The molecule has 0 amide bonds. The topological polar surface area (TPSA) is 35.5 Å². The molecule has 1 heterocycles. The zero-order chi connectivity index (χ0) is 14.2. The molecule has 2 aliphatic rings. The van der Waals surface area contributed by atoms with Crippen LogP contribution >= 0.6 is 0 Å². The summed E-state index contributed by atoms with van der Waals surface area (Å²) in [5.74, 6) is 0.688. The molecule has 1 aliphatic carbocycles. The number of hydrogen-bond acceptors (Lipinski definition) is 3. The standard InChI is InChI=1S/C18H16O3/c19-18-14-7-2-1-6-12(14)13-8-5-9-15(17(13)18)21-16-10-3-4-11-20-16/h1-2,5-9,16H,3-4,10-11H2. The van der Waals surface area contributed by atoms with Crippen LogP contribution < -0.4 is 4.74 Å². The fraction of sp³-hybridized carbons (Fsp3) is 0.278. The van der Waals surface area contributed by atoms with Gasteiger partial charge in [-0.3, -0.25) is 4.79 Å². The Labute approximate surface area is 123 Å². The smallest absolute Gasteiger partial charge is 0.199 e. The van der Waals surface area contributed by atoms with E-state index in [1.807, 2.05) is 42.5 Å². The molecule has 1 aliphatic heterocycles. The number of hydrogen-bond donors (Lipinski definition) is 0. The van der Waals surface area contributed by atoms with Crippen LogP contribution in [0, 0.1) is 0 Å².